The number of halogens is 1. The average molecular weight is 548 g/mol. The van der Waals surface area contributed by atoms with Gasteiger partial charge in [0.1, 0.15) is 5.82 Å². The highest BCUT2D eigenvalue weighted by Crippen LogP contribution is 2.28. The highest BCUT2D eigenvalue weighted by molar-refractivity contribution is 14.0. The van der Waals surface area contributed by atoms with Crippen molar-refractivity contribution in [2.45, 2.75) is 64.7 Å². The molecule has 1 aliphatic carbocycles. The average Bonchev–Trinajstić information content (AvgIpc) is 3.54. The highest BCUT2D eigenvalue weighted by Gasteiger charge is 2.17. The molecule has 9 heteroatoms. The summed E-state index contributed by atoms with van der Waals surface area (Å²) in [5, 5.41) is 20.1. The van der Waals surface area contributed by atoms with Crippen molar-refractivity contribution >= 4 is 29.9 Å². The number of guanidine groups is 1. The van der Waals surface area contributed by atoms with Crippen LogP contribution < -0.4 is 10.6 Å². The molecule has 0 bridgehead atoms. The lowest BCUT2D eigenvalue weighted by molar-refractivity contribution is 0.463. The molecular weight excluding hydrogens is 515 g/mol. The number of benzene rings is 1. The van der Waals surface area contributed by atoms with E-state index in [9.17, 15) is 0 Å². The summed E-state index contributed by atoms with van der Waals surface area (Å²) in [4.78, 5) is 4.81. The molecule has 0 saturated heterocycles. The zero-order valence-electron chi connectivity index (χ0n) is 19.0. The molecule has 4 rings (SSSR count). The molecule has 1 saturated carbocycles. The molecule has 32 heavy (non-hydrogen) atoms. The Morgan fingerprint density at radius 2 is 1.91 bits per heavy atom. The first-order chi connectivity index (χ1) is 15.1. The van der Waals surface area contributed by atoms with Gasteiger partial charge in [-0.25, -0.2) is 4.99 Å². The molecule has 0 radical (unpaired) electrons. The van der Waals surface area contributed by atoms with E-state index in [-0.39, 0.29) is 30.0 Å². The van der Waals surface area contributed by atoms with Gasteiger partial charge in [0.25, 0.3) is 0 Å². The van der Waals surface area contributed by atoms with Crippen LogP contribution >= 0.6 is 24.0 Å². The Labute approximate surface area is 206 Å². The fourth-order valence-corrected chi connectivity index (χ4v) is 3.94. The summed E-state index contributed by atoms with van der Waals surface area (Å²) < 4.78 is 4.10. The van der Waals surface area contributed by atoms with E-state index in [1.54, 1.807) is 0 Å². The van der Waals surface area contributed by atoms with Gasteiger partial charge in [0.15, 0.2) is 11.8 Å². The largest absolute Gasteiger partial charge is 0.350 e. The predicted octanol–water partition coefficient (Wildman–Crippen LogP) is 4.05. The summed E-state index contributed by atoms with van der Waals surface area (Å²) in [6, 6.07) is 13.1. The first-order valence-corrected chi connectivity index (χ1v) is 11.1. The molecular formula is C23H33IN8. The van der Waals surface area contributed by atoms with E-state index >= 15 is 0 Å². The Balaban J connectivity index is 0.00000289. The fourth-order valence-electron chi connectivity index (χ4n) is 3.94. The van der Waals surface area contributed by atoms with Gasteiger partial charge >= 0.3 is 0 Å². The van der Waals surface area contributed by atoms with E-state index in [2.05, 4.69) is 69.0 Å². The van der Waals surface area contributed by atoms with Crippen molar-refractivity contribution in [2.24, 2.45) is 12.0 Å². The number of nitrogens with zero attached hydrogens (tertiary/aromatic N) is 6. The molecule has 0 spiro atoms. The summed E-state index contributed by atoms with van der Waals surface area (Å²) in [6.45, 7) is 5.14. The second-order valence-electron chi connectivity index (χ2n) is 8.24. The lowest BCUT2D eigenvalue weighted by Crippen LogP contribution is -2.39. The first kappa shape index (κ1) is 24.2. The van der Waals surface area contributed by atoms with Gasteiger partial charge in [-0.15, -0.1) is 34.2 Å². The van der Waals surface area contributed by atoms with Crippen LogP contribution in [-0.4, -0.2) is 30.5 Å². The van der Waals surface area contributed by atoms with Crippen molar-refractivity contribution in [1.82, 2.24) is 35.2 Å². The van der Waals surface area contributed by atoms with Crippen LogP contribution in [0.2, 0.25) is 0 Å². The highest BCUT2D eigenvalue weighted by atomic mass is 127. The molecule has 3 aromatic rings. The SMILES string of the molecule is Cc1nnc(CNC(=NCc2ccn(C3CCCC3)n2)NC(C)c2ccccc2)n1C.I. The Morgan fingerprint density at radius 3 is 2.59 bits per heavy atom. The van der Waals surface area contributed by atoms with Gasteiger partial charge in [-0.3, -0.25) is 4.68 Å². The zero-order valence-corrected chi connectivity index (χ0v) is 21.4. The Bertz CT molecular complexity index is 1000. The number of hydrogen-bond donors (Lipinski definition) is 2. The maximum atomic E-state index is 4.81. The summed E-state index contributed by atoms with van der Waals surface area (Å²) in [5.41, 5.74) is 2.19. The maximum absolute atomic E-state index is 4.81. The van der Waals surface area contributed by atoms with Crippen molar-refractivity contribution in [3.05, 3.63) is 65.5 Å². The molecule has 172 valence electrons. The Morgan fingerprint density at radius 1 is 1.16 bits per heavy atom. The van der Waals surface area contributed by atoms with E-state index in [0.717, 1.165) is 23.3 Å². The number of aromatic nitrogens is 5. The van der Waals surface area contributed by atoms with Gasteiger partial charge in [-0.2, -0.15) is 5.10 Å². The minimum Gasteiger partial charge on any atom is -0.350 e. The van der Waals surface area contributed by atoms with Crippen molar-refractivity contribution in [3.8, 4) is 0 Å². The fraction of sp³-hybridized carbons (Fsp3) is 0.478. The lowest BCUT2D eigenvalue weighted by atomic mass is 10.1. The zero-order chi connectivity index (χ0) is 21.6. The summed E-state index contributed by atoms with van der Waals surface area (Å²) in [5.74, 6) is 2.48. The molecule has 2 N–H and O–H groups in total. The monoisotopic (exact) mass is 548 g/mol. The van der Waals surface area contributed by atoms with Crippen molar-refractivity contribution in [1.29, 1.82) is 0 Å². The van der Waals surface area contributed by atoms with Gasteiger partial charge in [0.2, 0.25) is 0 Å². The van der Waals surface area contributed by atoms with Crippen LogP contribution in [0.4, 0.5) is 0 Å². The van der Waals surface area contributed by atoms with E-state index in [1.807, 2.05) is 24.6 Å². The number of aliphatic imine (C=N–C) groups is 1. The Kier molecular flexibility index (Phi) is 8.66. The van der Waals surface area contributed by atoms with Gasteiger partial charge in [0, 0.05) is 13.2 Å². The molecule has 0 aliphatic heterocycles. The summed E-state index contributed by atoms with van der Waals surface area (Å²) >= 11 is 0. The molecule has 1 unspecified atom stereocenters. The van der Waals surface area contributed by atoms with Crippen LogP contribution in [0.25, 0.3) is 0 Å². The van der Waals surface area contributed by atoms with Crippen molar-refractivity contribution in [3.63, 3.8) is 0 Å². The second kappa shape index (κ2) is 11.4. The maximum Gasteiger partial charge on any atom is 0.192 e. The Hall–Kier alpha value is -2.43. The molecule has 8 nitrogen and oxygen atoms in total. The van der Waals surface area contributed by atoms with E-state index in [0.29, 0.717) is 19.1 Å². The molecule has 0 amide bonds. The third-order valence-corrected chi connectivity index (χ3v) is 6.01. The van der Waals surface area contributed by atoms with Crippen LogP contribution in [0, 0.1) is 6.92 Å². The third-order valence-electron chi connectivity index (χ3n) is 6.01. The van der Waals surface area contributed by atoms with Crippen LogP contribution in [-0.2, 0) is 20.1 Å². The third kappa shape index (κ3) is 6.08. The molecule has 1 aromatic carbocycles. The van der Waals surface area contributed by atoms with Gasteiger partial charge in [0.05, 0.1) is 30.9 Å². The predicted molar refractivity (Wildman–Crippen MR) is 137 cm³/mol. The standard InChI is InChI=1S/C23H32N8.HI/c1-17(19-9-5-4-6-10-19)26-23(25-16-22-28-27-18(2)30(22)3)24-15-20-13-14-31(29-20)21-11-7-8-12-21;/h4-6,9-10,13-14,17,21H,7-8,11-12,15-16H2,1-3H3,(H2,24,25,26);1H. The smallest absolute Gasteiger partial charge is 0.192 e. The minimum atomic E-state index is 0. The summed E-state index contributed by atoms with van der Waals surface area (Å²) in [6.07, 6.45) is 7.15. The first-order valence-electron chi connectivity index (χ1n) is 11.1. The summed E-state index contributed by atoms with van der Waals surface area (Å²) in [7, 11) is 1.97. The molecule has 1 aliphatic rings. The number of rotatable bonds is 7. The number of hydrogen-bond acceptors (Lipinski definition) is 4. The molecule has 1 atom stereocenters. The van der Waals surface area contributed by atoms with Crippen molar-refractivity contribution < 1.29 is 0 Å². The van der Waals surface area contributed by atoms with Crippen LogP contribution in [0.15, 0.2) is 47.6 Å². The van der Waals surface area contributed by atoms with Crippen LogP contribution in [0.3, 0.4) is 0 Å². The quantitative estimate of drug-likeness (QED) is 0.265. The topological polar surface area (TPSA) is 85.0 Å². The van der Waals surface area contributed by atoms with Crippen LogP contribution in [0.5, 0.6) is 0 Å². The van der Waals surface area contributed by atoms with Crippen molar-refractivity contribution in [2.75, 3.05) is 0 Å². The van der Waals surface area contributed by atoms with Gasteiger partial charge in [-0.05, 0) is 38.3 Å². The molecule has 1 fully saturated rings. The molecule has 2 heterocycles. The minimum absolute atomic E-state index is 0. The lowest BCUT2D eigenvalue weighted by Gasteiger charge is -2.18. The van der Waals surface area contributed by atoms with Gasteiger partial charge in [-0.1, -0.05) is 43.2 Å². The van der Waals surface area contributed by atoms with Crippen LogP contribution in [0.1, 0.15) is 67.6 Å². The number of aryl methyl sites for hydroxylation is 1. The van der Waals surface area contributed by atoms with E-state index in [4.69, 9.17) is 10.1 Å². The van der Waals surface area contributed by atoms with E-state index < -0.39 is 0 Å². The molecule has 2 aromatic heterocycles. The van der Waals surface area contributed by atoms with Gasteiger partial charge < -0.3 is 15.2 Å². The second-order valence-corrected chi connectivity index (χ2v) is 8.24. The normalized spacial score (nSPS) is 15.4. The number of nitrogens with one attached hydrogen (secondary N) is 2. The van der Waals surface area contributed by atoms with E-state index in [1.165, 1.54) is 31.2 Å².